The third kappa shape index (κ3) is 4.28. The summed E-state index contributed by atoms with van der Waals surface area (Å²) >= 11 is 4.21. The van der Waals surface area contributed by atoms with Gasteiger partial charge in [-0.25, -0.2) is 0 Å². The fraction of sp³-hybridized carbons (Fsp3) is 0.429. The third-order valence-electron chi connectivity index (χ3n) is 3.19. The molecule has 1 aromatic rings. The van der Waals surface area contributed by atoms with Crippen molar-refractivity contribution >= 4 is 24.5 Å². The minimum atomic E-state index is -1.04. The molecular formula is C14H19NO3S. The van der Waals surface area contributed by atoms with Crippen LogP contribution in [0.3, 0.4) is 0 Å². The van der Waals surface area contributed by atoms with Crippen molar-refractivity contribution in [3.63, 3.8) is 0 Å². The number of nitrogens with one attached hydrogen (secondary N) is 1. The molecule has 2 N–H and O–H groups in total. The first-order chi connectivity index (χ1) is 8.97. The van der Waals surface area contributed by atoms with Crippen molar-refractivity contribution < 1.29 is 14.7 Å². The van der Waals surface area contributed by atoms with Gasteiger partial charge in [-0.05, 0) is 18.4 Å². The molecule has 0 aliphatic carbocycles. The summed E-state index contributed by atoms with van der Waals surface area (Å²) in [6.07, 6.45) is 0. The van der Waals surface area contributed by atoms with E-state index < -0.39 is 12.0 Å². The monoisotopic (exact) mass is 281 g/mol. The van der Waals surface area contributed by atoms with Gasteiger partial charge in [0.05, 0.1) is 5.92 Å². The molecule has 0 bridgehead atoms. The fourth-order valence-corrected chi connectivity index (χ4v) is 2.32. The summed E-state index contributed by atoms with van der Waals surface area (Å²) in [6.45, 7) is 3.39. The van der Waals surface area contributed by atoms with Crippen molar-refractivity contribution in [2.75, 3.05) is 5.75 Å². The van der Waals surface area contributed by atoms with Gasteiger partial charge >= 0.3 is 5.97 Å². The lowest BCUT2D eigenvalue weighted by Crippen LogP contribution is -2.43. The van der Waals surface area contributed by atoms with Crippen LogP contribution in [0.1, 0.15) is 25.3 Å². The Morgan fingerprint density at radius 1 is 1.26 bits per heavy atom. The molecule has 5 heteroatoms. The summed E-state index contributed by atoms with van der Waals surface area (Å²) in [4.78, 5) is 22.8. The molecule has 4 nitrogen and oxygen atoms in total. The summed E-state index contributed by atoms with van der Waals surface area (Å²) in [5, 5.41) is 11.3. The molecule has 0 saturated carbocycles. The van der Waals surface area contributed by atoms with Crippen LogP contribution in [0.2, 0.25) is 0 Å². The number of hydrogen-bond donors (Lipinski definition) is 3. The van der Waals surface area contributed by atoms with Gasteiger partial charge in [0.2, 0.25) is 5.91 Å². The molecule has 1 aromatic carbocycles. The Bertz CT molecular complexity index is 436. The van der Waals surface area contributed by atoms with Gasteiger partial charge < -0.3 is 10.4 Å². The Kier molecular flexibility index (Phi) is 5.89. The van der Waals surface area contributed by atoms with Gasteiger partial charge in [0, 0.05) is 5.75 Å². The highest BCUT2D eigenvalue weighted by molar-refractivity contribution is 7.80. The van der Waals surface area contributed by atoms with Crippen LogP contribution in [0.4, 0.5) is 0 Å². The number of carbonyl (C=O) groups is 2. The third-order valence-corrected chi connectivity index (χ3v) is 3.58. The number of thiol groups is 1. The zero-order valence-corrected chi connectivity index (χ0v) is 11.9. The van der Waals surface area contributed by atoms with Gasteiger partial charge in [0.15, 0.2) is 0 Å². The average Bonchev–Trinajstić information content (AvgIpc) is 2.40. The quantitative estimate of drug-likeness (QED) is 0.698. The largest absolute Gasteiger partial charge is 0.480 e. The molecule has 0 spiro atoms. The maximum atomic E-state index is 12.1. The molecule has 1 rings (SSSR count). The smallest absolute Gasteiger partial charge is 0.325 e. The number of hydrogen-bond acceptors (Lipinski definition) is 3. The van der Waals surface area contributed by atoms with E-state index in [1.165, 1.54) is 6.92 Å². The minimum Gasteiger partial charge on any atom is -0.480 e. The van der Waals surface area contributed by atoms with E-state index >= 15 is 0 Å². The van der Waals surface area contributed by atoms with E-state index in [0.717, 1.165) is 5.56 Å². The van der Waals surface area contributed by atoms with Crippen LogP contribution in [-0.4, -0.2) is 28.8 Å². The zero-order chi connectivity index (χ0) is 14.4. The van der Waals surface area contributed by atoms with Gasteiger partial charge in [-0.2, -0.15) is 12.6 Å². The molecule has 0 aliphatic rings. The summed E-state index contributed by atoms with van der Waals surface area (Å²) in [5.74, 6) is -1.32. The standard InChI is InChI=1S/C14H19NO3S/c1-9(11-6-4-3-5-7-11)12(8-19)13(16)15-10(2)14(17)18/h3-7,9-10,12,19H,8H2,1-2H3,(H,15,16)(H,17,18)/t9-,10+,12+/m1/s1. The SMILES string of the molecule is C[C@H](NC(=O)[C@@H](CS)[C@H](C)c1ccccc1)C(=O)O. The average molecular weight is 281 g/mol. The number of carboxylic acid groups (broad SMARTS) is 1. The van der Waals surface area contributed by atoms with Crippen LogP contribution >= 0.6 is 12.6 Å². The van der Waals surface area contributed by atoms with E-state index in [-0.39, 0.29) is 17.7 Å². The second kappa shape index (κ2) is 7.19. The van der Waals surface area contributed by atoms with Crippen molar-refractivity contribution in [1.82, 2.24) is 5.32 Å². The van der Waals surface area contributed by atoms with E-state index in [0.29, 0.717) is 5.75 Å². The lowest BCUT2D eigenvalue weighted by molar-refractivity contribution is -0.141. The molecule has 0 aromatic heterocycles. The van der Waals surface area contributed by atoms with Gasteiger partial charge in [-0.3, -0.25) is 9.59 Å². The molecule has 0 fully saturated rings. The number of aliphatic carboxylic acids is 1. The number of carbonyl (C=O) groups excluding carboxylic acids is 1. The van der Waals surface area contributed by atoms with Gasteiger partial charge in [0.1, 0.15) is 6.04 Å². The Labute approximate surface area is 118 Å². The molecule has 0 radical (unpaired) electrons. The van der Waals surface area contributed by atoms with Gasteiger partial charge in [-0.15, -0.1) is 0 Å². The van der Waals surface area contributed by atoms with E-state index in [1.807, 2.05) is 37.3 Å². The van der Waals surface area contributed by atoms with Gasteiger partial charge in [-0.1, -0.05) is 37.3 Å². The lowest BCUT2D eigenvalue weighted by atomic mass is 9.88. The van der Waals surface area contributed by atoms with Crippen LogP contribution in [0.25, 0.3) is 0 Å². The highest BCUT2D eigenvalue weighted by Crippen LogP contribution is 2.25. The molecule has 1 amide bonds. The zero-order valence-electron chi connectivity index (χ0n) is 11.0. The first kappa shape index (κ1) is 15.6. The van der Waals surface area contributed by atoms with Crippen LogP contribution in [0.5, 0.6) is 0 Å². The van der Waals surface area contributed by atoms with E-state index in [9.17, 15) is 9.59 Å². The molecular weight excluding hydrogens is 262 g/mol. The van der Waals surface area contributed by atoms with Crippen LogP contribution in [-0.2, 0) is 9.59 Å². The first-order valence-corrected chi connectivity index (χ1v) is 6.79. The van der Waals surface area contributed by atoms with Crippen molar-refractivity contribution in [3.8, 4) is 0 Å². The first-order valence-electron chi connectivity index (χ1n) is 6.16. The van der Waals surface area contributed by atoms with Crippen molar-refractivity contribution in [2.45, 2.75) is 25.8 Å². The second-order valence-electron chi connectivity index (χ2n) is 4.56. The lowest BCUT2D eigenvalue weighted by Gasteiger charge is -2.23. The van der Waals surface area contributed by atoms with Crippen LogP contribution in [0.15, 0.2) is 30.3 Å². The number of carboxylic acids is 1. The van der Waals surface area contributed by atoms with Crippen LogP contribution < -0.4 is 5.32 Å². The summed E-state index contributed by atoms with van der Waals surface area (Å²) in [7, 11) is 0. The normalized spacial score (nSPS) is 15.3. The van der Waals surface area contributed by atoms with Crippen molar-refractivity contribution in [2.24, 2.45) is 5.92 Å². The summed E-state index contributed by atoms with van der Waals surface area (Å²) < 4.78 is 0. The highest BCUT2D eigenvalue weighted by atomic mass is 32.1. The molecule has 3 atom stereocenters. The Hall–Kier alpha value is -1.49. The maximum Gasteiger partial charge on any atom is 0.325 e. The summed E-state index contributed by atoms with van der Waals surface area (Å²) in [6, 6.07) is 8.76. The number of benzene rings is 1. The molecule has 0 unspecified atom stereocenters. The Morgan fingerprint density at radius 2 is 1.84 bits per heavy atom. The molecule has 19 heavy (non-hydrogen) atoms. The minimum absolute atomic E-state index is 0.0142. The van der Waals surface area contributed by atoms with E-state index in [4.69, 9.17) is 5.11 Å². The number of amides is 1. The topological polar surface area (TPSA) is 66.4 Å². The van der Waals surface area contributed by atoms with Gasteiger partial charge in [0.25, 0.3) is 0 Å². The van der Waals surface area contributed by atoms with E-state index in [1.54, 1.807) is 0 Å². The van der Waals surface area contributed by atoms with Crippen LogP contribution in [0, 0.1) is 5.92 Å². The molecule has 0 saturated heterocycles. The second-order valence-corrected chi connectivity index (χ2v) is 4.92. The predicted octanol–water partition coefficient (Wildman–Crippen LogP) is 1.93. The molecule has 104 valence electrons. The van der Waals surface area contributed by atoms with E-state index in [2.05, 4.69) is 17.9 Å². The molecule has 0 heterocycles. The Balaban J connectivity index is 2.77. The van der Waals surface area contributed by atoms with Crippen molar-refractivity contribution in [3.05, 3.63) is 35.9 Å². The molecule has 0 aliphatic heterocycles. The summed E-state index contributed by atoms with van der Waals surface area (Å²) in [5.41, 5.74) is 1.04. The Morgan fingerprint density at radius 3 is 2.32 bits per heavy atom. The fourth-order valence-electron chi connectivity index (χ4n) is 1.84. The van der Waals surface area contributed by atoms with Crippen molar-refractivity contribution in [1.29, 1.82) is 0 Å². The number of rotatable bonds is 6. The highest BCUT2D eigenvalue weighted by Gasteiger charge is 2.27. The predicted molar refractivity (Wildman–Crippen MR) is 77.4 cm³/mol. The maximum absolute atomic E-state index is 12.1.